The number of benzene rings is 1. The van der Waals surface area contributed by atoms with E-state index in [9.17, 15) is 4.79 Å². The van der Waals surface area contributed by atoms with Gasteiger partial charge in [0.05, 0.1) is 12.1 Å². The number of aryl methyl sites for hydroxylation is 1. The molecule has 0 unspecified atom stereocenters. The Labute approximate surface area is 143 Å². The van der Waals surface area contributed by atoms with Crippen molar-refractivity contribution in [3.05, 3.63) is 28.8 Å². The molecule has 0 aromatic heterocycles. The van der Waals surface area contributed by atoms with Gasteiger partial charge in [0.1, 0.15) is 5.75 Å². The van der Waals surface area contributed by atoms with Gasteiger partial charge >= 0.3 is 0 Å². The van der Waals surface area contributed by atoms with E-state index in [2.05, 4.69) is 5.32 Å². The van der Waals surface area contributed by atoms with Crippen molar-refractivity contribution >= 4 is 29.9 Å². The maximum absolute atomic E-state index is 12.0. The number of nitrogens with one attached hydrogen (secondary N) is 1. The van der Waals surface area contributed by atoms with Gasteiger partial charge in [0.25, 0.3) is 0 Å². The Hall–Kier alpha value is -0.970. The summed E-state index contributed by atoms with van der Waals surface area (Å²) in [6, 6.07) is 5.55. The Bertz CT molecular complexity index is 503. The SMILES string of the molecule is Cc1cc(Cl)ccc1OCCCNC(=O)C1(N)CCCC1.Cl. The van der Waals surface area contributed by atoms with Crippen LogP contribution < -0.4 is 15.8 Å². The molecule has 1 fully saturated rings. The van der Waals surface area contributed by atoms with Crippen LogP contribution in [0.3, 0.4) is 0 Å². The highest BCUT2D eigenvalue weighted by molar-refractivity contribution is 6.30. The summed E-state index contributed by atoms with van der Waals surface area (Å²) >= 11 is 5.90. The molecular weight excluding hydrogens is 323 g/mol. The molecule has 0 saturated heterocycles. The van der Waals surface area contributed by atoms with Crippen LogP contribution >= 0.6 is 24.0 Å². The van der Waals surface area contributed by atoms with Crippen molar-refractivity contribution in [1.82, 2.24) is 5.32 Å². The molecule has 4 nitrogen and oxygen atoms in total. The molecule has 0 bridgehead atoms. The topological polar surface area (TPSA) is 64.3 Å². The molecule has 0 radical (unpaired) electrons. The van der Waals surface area contributed by atoms with Gasteiger partial charge in [0.15, 0.2) is 0 Å². The summed E-state index contributed by atoms with van der Waals surface area (Å²) in [7, 11) is 0. The highest BCUT2D eigenvalue weighted by Crippen LogP contribution is 2.27. The maximum Gasteiger partial charge on any atom is 0.240 e. The quantitative estimate of drug-likeness (QED) is 0.777. The monoisotopic (exact) mass is 346 g/mol. The van der Waals surface area contributed by atoms with Crippen LogP contribution in [0, 0.1) is 6.92 Å². The third-order valence-corrected chi connectivity index (χ3v) is 4.18. The Morgan fingerprint density at radius 2 is 2.09 bits per heavy atom. The Kier molecular flexibility index (Phi) is 7.46. The molecule has 124 valence electrons. The van der Waals surface area contributed by atoms with Crippen molar-refractivity contribution in [3.8, 4) is 5.75 Å². The molecule has 0 heterocycles. The van der Waals surface area contributed by atoms with Gasteiger partial charge in [-0.05, 0) is 49.9 Å². The first kappa shape index (κ1) is 19.1. The molecule has 0 spiro atoms. The van der Waals surface area contributed by atoms with Crippen LogP contribution in [-0.4, -0.2) is 24.6 Å². The number of carbonyl (C=O) groups is 1. The summed E-state index contributed by atoms with van der Waals surface area (Å²) in [6.45, 7) is 3.10. The van der Waals surface area contributed by atoms with Gasteiger partial charge in [0, 0.05) is 11.6 Å². The van der Waals surface area contributed by atoms with Crippen molar-refractivity contribution in [2.24, 2.45) is 5.73 Å². The van der Waals surface area contributed by atoms with Crippen LogP contribution in [0.4, 0.5) is 0 Å². The minimum Gasteiger partial charge on any atom is -0.493 e. The van der Waals surface area contributed by atoms with Gasteiger partial charge in [-0.25, -0.2) is 0 Å². The van der Waals surface area contributed by atoms with Gasteiger partial charge in [-0.2, -0.15) is 0 Å². The average Bonchev–Trinajstić information content (AvgIpc) is 2.88. The normalized spacial score (nSPS) is 16.0. The van der Waals surface area contributed by atoms with E-state index in [4.69, 9.17) is 22.1 Å². The van der Waals surface area contributed by atoms with Crippen LogP contribution in [0.5, 0.6) is 5.75 Å². The Balaban J connectivity index is 0.00000242. The van der Waals surface area contributed by atoms with Crippen molar-refractivity contribution in [2.45, 2.75) is 44.6 Å². The lowest BCUT2D eigenvalue weighted by molar-refractivity contribution is -0.126. The van der Waals surface area contributed by atoms with Crippen molar-refractivity contribution in [1.29, 1.82) is 0 Å². The van der Waals surface area contributed by atoms with Crippen LogP contribution in [0.25, 0.3) is 0 Å². The summed E-state index contributed by atoms with van der Waals surface area (Å²) in [5, 5.41) is 3.62. The molecule has 0 aliphatic heterocycles. The molecule has 1 aromatic rings. The number of hydrogen-bond donors (Lipinski definition) is 2. The molecule has 0 atom stereocenters. The van der Waals surface area contributed by atoms with Gasteiger partial charge in [-0.15, -0.1) is 12.4 Å². The summed E-state index contributed by atoms with van der Waals surface area (Å²) in [4.78, 5) is 12.0. The minimum atomic E-state index is -0.645. The molecule has 22 heavy (non-hydrogen) atoms. The summed E-state index contributed by atoms with van der Waals surface area (Å²) < 4.78 is 5.68. The van der Waals surface area contributed by atoms with Gasteiger partial charge in [-0.3, -0.25) is 4.79 Å². The number of halogens is 2. The molecule has 1 amide bonds. The molecule has 1 saturated carbocycles. The van der Waals surface area contributed by atoms with Gasteiger partial charge in [-0.1, -0.05) is 24.4 Å². The van der Waals surface area contributed by atoms with Crippen molar-refractivity contribution in [2.75, 3.05) is 13.2 Å². The number of rotatable bonds is 6. The van der Waals surface area contributed by atoms with E-state index in [-0.39, 0.29) is 18.3 Å². The van der Waals surface area contributed by atoms with E-state index in [0.29, 0.717) is 18.2 Å². The fourth-order valence-corrected chi connectivity index (χ4v) is 2.87. The second kappa shape index (κ2) is 8.61. The van der Waals surface area contributed by atoms with Crippen molar-refractivity contribution in [3.63, 3.8) is 0 Å². The zero-order chi connectivity index (χ0) is 15.3. The van der Waals surface area contributed by atoms with Crippen LogP contribution in [0.15, 0.2) is 18.2 Å². The highest BCUT2D eigenvalue weighted by Gasteiger charge is 2.36. The number of amides is 1. The van der Waals surface area contributed by atoms with Crippen molar-refractivity contribution < 1.29 is 9.53 Å². The van der Waals surface area contributed by atoms with Gasteiger partial charge < -0.3 is 15.8 Å². The second-order valence-electron chi connectivity index (χ2n) is 5.73. The lowest BCUT2D eigenvalue weighted by atomic mass is 9.98. The van der Waals surface area contributed by atoms with E-state index in [1.807, 2.05) is 25.1 Å². The fraction of sp³-hybridized carbons (Fsp3) is 0.562. The number of nitrogens with two attached hydrogens (primary N) is 1. The highest BCUT2D eigenvalue weighted by atomic mass is 35.5. The van der Waals surface area contributed by atoms with Crippen LogP contribution in [0.1, 0.15) is 37.7 Å². The molecule has 1 aliphatic carbocycles. The van der Waals surface area contributed by atoms with E-state index in [1.165, 1.54) is 0 Å². The third-order valence-electron chi connectivity index (χ3n) is 3.95. The summed E-state index contributed by atoms with van der Waals surface area (Å²) in [6.07, 6.45) is 4.42. The standard InChI is InChI=1S/C16H23ClN2O2.ClH/c1-12-11-13(17)5-6-14(12)21-10-4-9-19-15(20)16(18)7-2-3-8-16;/h5-6,11H,2-4,7-10,18H2,1H3,(H,19,20);1H. The number of carbonyl (C=O) groups excluding carboxylic acids is 1. The minimum absolute atomic E-state index is 0. The first-order valence-electron chi connectivity index (χ1n) is 7.47. The van der Waals surface area contributed by atoms with E-state index >= 15 is 0 Å². The lowest BCUT2D eigenvalue weighted by Crippen LogP contribution is -2.52. The predicted octanol–water partition coefficient (Wildman–Crippen LogP) is 3.23. The van der Waals surface area contributed by atoms with Crippen LogP contribution in [-0.2, 0) is 4.79 Å². The zero-order valence-electron chi connectivity index (χ0n) is 12.9. The number of hydrogen-bond acceptors (Lipinski definition) is 3. The van der Waals surface area contributed by atoms with Gasteiger partial charge in [0.2, 0.25) is 5.91 Å². The molecule has 3 N–H and O–H groups in total. The van der Waals surface area contributed by atoms with Crippen LogP contribution in [0.2, 0.25) is 5.02 Å². The molecule has 1 aromatic carbocycles. The maximum atomic E-state index is 12.0. The summed E-state index contributed by atoms with van der Waals surface area (Å²) in [5.74, 6) is 0.805. The number of ether oxygens (including phenoxy) is 1. The molecule has 1 aliphatic rings. The largest absolute Gasteiger partial charge is 0.493 e. The fourth-order valence-electron chi connectivity index (χ4n) is 2.64. The van der Waals surface area contributed by atoms with E-state index in [1.54, 1.807) is 0 Å². The molecule has 2 rings (SSSR count). The predicted molar refractivity (Wildman–Crippen MR) is 91.9 cm³/mol. The average molecular weight is 347 g/mol. The lowest BCUT2D eigenvalue weighted by Gasteiger charge is -2.22. The van der Waals surface area contributed by atoms with E-state index in [0.717, 1.165) is 43.4 Å². The molecular formula is C16H24Cl2N2O2. The third kappa shape index (κ3) is 5.04. The Morgan fingerprint density at radius 1 is 1.41 bits per heavy atom. The second-order valence-corrected chi connectivity index (χ2v) is 6.17. The Morgan fingerprint density at radius 3 is 2.73 bits per heavy atom. The first-order valence-corrected chi connectivity index (χ1v) is 7.85. The van der Waals surface area contributed by atoms with E-state index < -0.39 is 5.54 Å². The molecule has 6 heteroatoms. The smallest absolute Gasteiger partial charge is 0.240 e. The summed E-state index contributed by atoms with van der Waals surface area (Å²) in [5.41, 5.74) is 6.45. The zero-order valence-corrected chi connectivity index (χ0v) is 14.4. The first-order chi connectivity index (χ1) is 10.0.